The highest BCUT2D eigenvalue weighted by Crippen LogP contribution is 2.38. The van der Waals surface area contributed by atoms with Crippen LogP contribution in [0.2, 0.25) is 5.02 Å². The molecule has 1 saturated heterocycles. The van der Waals surface area contributed by atoms with Crippen LogP contribution in [0.5, 0.6) is 0 Å². The molecule has 2 heterocycles. The first-order valence-corrected chi connectivity index (χ1v) is 8.95. The Hall–Kier alpha value is 0.340. The summed E-state index contributed by atoms with van der Waals surface area (Å²) >= 11 is 10.3. The van der Waals surface area contributed by atoms with Crippen LogP contribution in [0.1, 0.15) is 13.3 Å². The highest BCUT2D eigenvalue weighted by Gasteiger charge is 2.38. The lowest BCUT2D eigenvalue weighted by atomic mass is 10.1. The molecule has 0 saturated carbocycles. The second-order valence-corrected chi connectivity index (χ2v) is 9.34. The number of nitrogens with zero attached hydrogens (tertiary/aromatic N) is 1. The average Bonchev–Trinajstić information content (AvgIpc) is 2.84. The van der Waals surface area contributed by atoms with Gasteiger partial charge in [-0.3, -0.25) is 0 Å². The summed E-state index contributed by atoms with van der Waals surface area (Å²) in [6.45, 7) is 2.93. The fourth-order valence-corrected chi connectivity index (χ4v) is 6.43. The minimum Gasteiger partial charge on any atom is -0.330 e. The van der Waals surface area contributed by atoms with Crippen molar-refractivity contribution >= 4 is 48.9 Å². The van der Waals surface area contributed by atoms with E-state index in [0.29, 0.717) is 21.9 Å². The maximum absolute atomic E-state index is 12.5. The number of sulfonamides is 1. The predicted octanol–water partition coefficient (Wildman–Crippen LogP) is 2.52. The van der Waals surface area contributed by atoms with Gasteiger partial charge in [0.15, 0.2) is 0 Å². The average molecular weight is 374 g/mol. The topological polar surface area (TPSA) is 63.4 Å². The molecule has 2 rings (SSSR count). The third-order valence-corrected chi connectivity index (χ3v) is 8.03. The van der Waals surface area contributed by atoms with Crippen molar-refractivity contribution in [1.82, 2.24) is 4.31 Å². The quantitative estimate of drug-likeness (QED) is 0.885. The van der Waals surface area contributed by atoms with Crippen LogP contribution in [0.4, 0.5) is 0 Å². The Kier molecular flexibility index (Phi) is 4.40. The molecule has 1 aliphatic rings. The molecule has 1 aromatic rings. The van der Waals surface area contributed by atoms with Crippen molar-refractivity contribution in [1.29, 1.82) is 0 Å². The van der Waals surface area contributed by atoms with Crippen LogP contribution in [0, 0.1) is 5.92 Å². The van der Waals surface area contributed by atoms with Crippen LogP contribution in [-0.2, 0) is 10.0 Å². The molecule has 0 amide bonds. The standard InChI is InChI=1S/C10H14BrClN2O2S2/c1-6-2-7(4-13)5-14(6)18(15,16)9-3-8(12)10(11)17-9/h3,6-7H,2,4-5,13H2,1H3. The fraction of sp³-hybridized carbons (Fsp3) is 0.600. The van der Waals surface area contributed by atoms with Gasteiger partial charge < -0.3 is 5.73 Å². The van der Waals surface area contributed by atoms with E-state index in [2.05, 4.69) is 15.9 Å². The Bertz CT molecular complexity index is 527. The van der Waals surface area contributed by atoms with Gasteiger partial charge in [0.1, 0.15) is 4.21 Å². The zero-order chi connectivity index (χ0) is 13.5. The Morgan fingerprint density at radius 1 is 1.67 bits per heavy atom. The van der Waals surface area contributed by atoms with Gasteiger partial charge in [-0.25, -0.2) is 8.42 Å². The van der Waals surface area contributed by atoms with E-state index >= 15 is 0 Å². The van der Waals surface area contributed by atoms with Crippen molar-refractivity contribution in [3.8, 4) is 0 Å². The molecular weight excluding hydrogens is 360 g/mol. The lowest BCUT2D eigenvalue weighted by Gasteiger charge is -2.19. The molecule has 2 atom stereocenters. The number of thiophene rings is 1. The van der Waals surface area contributed by atoms with Crippen LogP contribution in [0.25, 0.3) is 0 Å². The second kappa shape index (κ2) is 5.38. The second-order valence-electron chi connectivity index (χ2n) is 4.45. The molecule has 1 aromatic heterocycles. The molecule has 0 spiro atoms. The molecule has 18 heavy (non-hydrogen) atoms. The minimum absolute atomic E-state index is 0.0109. The van der Waals surface area contributed by atoms with Gasteiger partial charge in [-0.05, 0) is 47.8 Å². The first kappa shape index (κ1) is 14.7. The molecular formula is C10H14BrClN2O2S2. The third kappa shape index (κ3) is 2.62. The highest BCUT2D eigenvalue weighted by molar-refractivity contribution is 9.11. The zero-order valence-electron chi connectivity index (χ0n) is 9.77. The number of nitrogens with two attached hydrogens (primary N) is 1. The Morgan fingerprint density at radius 3 is 2.78 bits per heavy atom. The van der Waals surface area contributed by atoms with Crippen molar-refractivity contribution < 1.29 is 8.42 Å². The van der Waals surface area contributed by atoms with Crippen molar-refractivity contribution in [2.45, 2.75) is 23.6 Å². The fourth-order valence-electron chi connectivity index (χ4n) is 2.18. The van der Waals surface area contributed by atoms with Crippen LogP contribution in [0.3, 0.4) is 0 Å². The van der Waals surface area contributed by atoms with E-state index in [1.54, 1.807) is 0 Å². The van der Waals surface area contributed by atoms with E-state index in [9.17, 15) is 8.42 Å². The summed E-state index contributed by atoms with van der Waals surface area (Å²) in [6.07, 6.45) is 0.815. The molecule has 0 aliphatic carbocycles. The maximum atomic E-state index is 12.5. The van der Waals surface area contributed by atoms with Crippen molar-refractivity contribution in [3.63, 3.8) is 0 Å². The van der Waals surface area contributed by atoms with Gasteiger partial charge >= 0.3 is 0 Å². The van der Waals surface area contributed by atoms with Gasteiger partial charge in [0, 0.05) is 12.6 Å². The van der Waals surface area contributed by atoms with Crippen molar-refractivity contribution in [2.24, 2.45) is 11.7 Å². The van der Waals surface area contributed by atoms with E-state index in [1.165, 1.54) is 10.4 Å². The van der Waals surface area contributed by atoms with Crippen LogP contribution in [0.15, 0.2) is 14.1 Å². The zero-order valence-corrected chi connectivity index (χ0v) is 13.7. The number of hydrogen-bond acceptors (Lipinski definition) is 4. The van der Waals surface area contributed by atoms with E-state index in [0.717, 1.165) is 17.8 Å². The van der Waals surface area contributed by atoms with Gasteiger partial charge in [0.25, 0.3) is 10.0 Å². The summed E-state index contributed by atoms with van der Waals surface area (Å²) in [5.74, 6) is 0.244. The van der Waals surface area contributed by atoms with E-state index in [4.69, 9.17) is 17.3 Å². The largest absolute Gasteiger partial charge is 0.330 e. The number of hydrogen-bond donors (Lipinski definition) is 1. The highest BCUT2D eigenvalue weighted by atomic mass is 79.9. The molecule has 1 fully saturated rings. The third-order valence-electron chi connectivity index (χ3n) is 3.12. The van der Waals surface area contributed by atoms with E-state index in [1.807, 2.05) is 6.92 Å². The normalized spacial score (nSPS) is 25.8. The maximum Gasteiger partial charge on any atom is 0.252 e. The van der Waals surface area contributed by atoms with Crippen molar-refractivity contribution in [3.05, 3.63) is 14.9 Å². The van der Waals surface area contributed by atoms with Gasteiger partial charge in [-0.2, -0.15) is 4.31 Å². The van der Waals surface area contributed by atoms with E-state index < -0.39 is 10.0 Å². The summed E-state index contributed by atoms with van der Waals surface area (Å²) in [5.41, 5.74) is 5.62. The molecule has 102 valence electrons. The van der Waals surface area contributed by atoms with Gasteiger partial charge in [-0.15, -0.1) is 11.3 Å². The predicted molar refractivity (Wildman–Crippen MR) is 77.5 cm³/mol. The molecule has 0 bridgehead atoms. The lowest BCUT2D eigenvalue weighted by Crippen LogP contribution is -2.34. The Balaban J connectivity index is 2.32. The Morgan fingerprint density at radius 2 is 2.33 bits per heavy atom. The van der Waals surface area contributed by atoms with Gasteiger partial charge in [-0.1, -0.05) is 11.6 Å². The summed E-state index contributed by atoms with van der Waals surface area (Å²) in [5, 5.41) is 0.431. The first-order chi connectivity index (χ1) is 8.36. The lowest BCUT2D eigenvalue weighted by molar-refractivity contribution is 0.406. The van der Waals surface area contributed by atoms with Crippen molar-refractivity contribution in [2.75, 3.05) is 13.1 Å². The molecule has 0 aromatic carbocycles. The first-order valence-electron chi connectivity index (χ1n) is 5.53. The molecule has 8 heteroatoms. The van der Waals surface area contributed by atoms with E-state index in [-0.39, 0.29) is 16.2 Å². The van der Waals surface area contributed by atoms with Gasteiger partial charge in [0.2, 0.25) is 0 Å². The molecule has 1 aliphatic heterocycles. The van der Waals surface area contributed by atoms with Crippen LogP contribution < -0.4 is 5.73 Å². The van der Waals surface area contributed by atoms with Crippen LogP contribution in [-0.4, -0.2) is 31.9 Å². The molecule has 0 radical (unpaired) electrons. The van der Waals surface area contributed by atoms with Crippen LogP contribution >= 0.6 is 38.9 Å². The smallest absolute Gasteiger partial charge is 0.252 e. The molecule has 4 nitrogen and oxygen atoms in total. The SMILES string of the molecule is CC1CC(CN)CN1S(=O)(=O)c1cc(Cl)c(Br)s1. The van der Waals surface area contributed by atoms with Gasteiger partial charge in [0.05, 0.1) is 8.81 Å². The number of rotatable bonds is 3. The molecule has 2 unspecified atom stereocenters. The summed E-state index contributed by atoms with van der Waals surface area (Å²) < 4.78 is 27.4. The monoisotopic (exact) mass is 372 g/mol. The summed E-state index contributed by atoms with van der Waals surface area (Å²) in [4.78, 5) is 0. The Labute approximate surface area is 124 Å². The molecule has 2 N–H and O–H groups in total. The minimum atomic E-state index is -3.45. The summed E-state index contributed by atoms with van der Waals surface area (Å²) in [7, 11) is -3.45. The summed E-state index contributed by atoms with van der Waals surface area (Å²) in [6, 6.07) is 1.48. The number of halogens is 2.